The van der Waals surface area contributed by atoms with Crippen molar-refractivity contribution < 1.29 is 17.9 Å². The van der Waals surface area contributed by atoms with E-state index in [1.54, 1.807) is 23.9 Å². The van der Waals surface area contributed by atoms with Crippen LogP contribution in [0.3, 0.4) is 0 Å². The number of benzene rings is 2. The number of ether oxygens (including phenoxy) is 1. The lowest BCUT2D eigenvalue weighted by molar-refractivity contribution is 0.233. The predicted molar refractivity (Wildman–Crippen MR) is 136 cm³/mol. The summed E-state index contributed by atoms with van der Waals surface area (Å²) >= 11 is 6.49. The average Bonchev–Trinajstić information content (AvgIpc) is 3.49. The lowest BCUT2D eigenvalue weighted by atomic mass is 10.2. The van der Waals surface area contributed by atoms with E-state index in [1.165, 1.54) is 11.0 Å². The Hall–Kier alpha value is -4.66. The van der Waals surface area contributed by atoms with Crippen LogP contribution in [-0.2, 0) is 26.7 Å². The van der Waals surface area contributed by atoms with Crippen LogP contribution >= 0.6 is 11.6 Å². The molecule has 3 aromatic heterocycles. The lowest BCUT2D eigenvalue weighted by Crippen LogP contribution is -2.43. The van der Waals surface area contributed by atoms with Crippen molar-refractivity contribution in [2.45, 2.75) is 26.1 Å². The molecule has 0 aliphatic carbocycles. The summed E-state index contributed by atoms with van der Waals surface area (Å²) in [5.74, 6) is -3.42. The van der Waals surface area contributed by atoms with Gasteiger partial charge in [0.25, 0.3) is 0 Å². The number of nitrogens with zero attached hydrogens (tertiary/aromatic N) is 8. The second kappa shape index (κ2) is 9.82. The summed E-state index contributed by atoms with van der Waals surface area (Å²) in [5, 5.41) is 12.2. The third kappa shape index (κ3) is 4.57. The van der Waals surface area contributed by atoms with E-state index in [-0.39, 0.29) is 34.6 Å². The summed E-state index contributed by atoms with van der Waals surface area (Å²) in [4.78, 5) is 34.5. The molecule has 16 heteroatoms. The van der Waals surface area contributed by atoms with Crippen molar-refractivity contribution in [3.05, 3.63) is 85.4 Å². The second-order valence-corrected chi connectivity index (χ2v) is 9.48. The van der Waals surface area contributed by atoms with Gasteiger partial charge in [-0.3, -0.25) is 9.25 Å². The van der Waals surface area contributed by atoms with E-state index in [1.807, 2.05) is 0 Å². The summed E-state index contributed by atoms with van der Waals surface area (Å²) in [6, 6.07) is 4.21. The Labute approximate surface area is 227 Å². The minimum atomic E-state index is -1.39. The van der Waals surface area contributed by atoms with Gasteiger partial charge < -0.3 is 10.1 Å². The van der Waals surface area contributed by atoms with Crippen LogP contribution in [0.1, 0.15) is 17.8 Å². The minimum Gasteiger partial charge on any atom is -0.477 e. The Morgan fingerprint density at radius 1 is 1.02 bits per heavy atom. The second-order valence-electron chi connectivity index (χ2n) is 9.07. The summed E-state index contributed by atoms with van der Waals surface area (Å²) < 4.78 is 52.6. The van der Waals surface area contributed by atoms with Crippen LogP contribution in [0, 0.1) is 17.5 Å². The molecule has 1 aliphatic rings. The Kier molecular flexibility index (Phi) is 6.29. The van der Waals surface area contributed by atoms with Crippen molar-refractivity contribution in [1.29, 1.82) is 0 Å². The number of nitrogens with one attached hydrogen (secondary N) is 1. The van der Waals surface area contributed by atoms with Gasteiger partial charge >= 0.3 is 11.4 Å². The molecular weight excluding hydrogens is 555 g/mol. The first-order chi connectivity index (χ1) is 19.2. The number of aryl methyl sites for hydroxylation is 2. The molecule has 4 heterocycles. The number of aromatic nitrogens is 8. The van der Waals surface area contributed by atoms with Crippen molar-refractivity contribution in [2.24, 2.45) is 7.05 Å². The van der Waals surface area contributed by atoms with Crippen LogP contribution in [0.4, 0.5) is 24.8 Å². The van der Waals surface area contributed by atoms with Gasteiger partial charge in [0.15, 0.2) is 17.5 Å². The van der Waals surface area contributed by atoms with Gasteiger partial charge in [-0.2, -0.15) is 15.2 Å². The number of anilines is 2. The Morgan fingerprint density at radius 2 is 1.82 bits per heavy atom. The highest BCUT2D eigenvalue weighted by atomic mass is 35.5. The van der Waals surface area contributed by atoms with E-state index < -0.39 is 35.4 Å². The number of hydrogen-bond acceptors (Lipinski definition) is 8. The lowest BCUT2D eigenvalue weighted by Gasteiger charge is -2.17. The third-order valence-electron chi connectivity index (χ3n) is 6.29. The molecule has 5 aromatic rings. The Morgan fingerprint density at radius 3 is 2.60 bits per heavy atom. The molecule has 0 spiro atoms. The van der Waals surface area contributed by atoms with E-state index in [4.69, 9.17) is 16.3 Å². The molecule has 40 heavy (non-hydrogen) atoms. The zero-order valence-electron chi connectivity index (χ0n) is 20.7. The number of fused-ring (bicyclic) bond motifs is 3. The van der Waals surface area contributed by atoms with Crippen LogP contribution < -0.4 is 21.4 Å². The predicted octanol–water partition coefficient (Wildman–Crippen LogP) is 2.58. The normalized spacial score (nSPS) is 12.9. The molecule has 0 saturated heterocycles. The largest absolute Gasteiger partial charge is 0.477 e. The third-order valence-corrected chi connectivity index (χ3v) is 6.61. The fourth-order valence-electron chi connectivity index (χ4n) is 4.39. The molecule has 1 aliphatic heterocycles. The van der Waals surface area contributed by atoms with E-state index in [0.29, 0.717) is 42.1 Å². The van der Waals surface area contributed by atoms with Gasteiger partial charge in [0.2, 0.25) is 11.8 Å². The van der Waals surface area contributed by atoms with E-state index in [9.17, 15) is 22.8 Å². The summed E-state index contributed by atoms with van der Waals surface area (Å²) in [6.45, 7) is 0.239. The maximum absolute atomic E-state index is 14.6. The molecule has 0 atom stereocenters. The smallest absolute Gasteiger partial charge is 0.355 e. The summed E-state index contributed by atoms with van der Waals surface area (Å²) in [7, 11) is 1.61. The molecule has 0 amide bonds. The van der Waals surface area contributed by atoms with Crippen LogP contribution in [0.2, 0.25) is 5.02 Å². The van der Waals surface area contributed by atoms with Crippen molar-refractivity contribution in [1.82, 2.24) is 38.7 Å². The minimum absolute atomic E-state index is 0.147. The van der Waals surface area contributed by atoms with Crippen molar-refractivity contribution in [2.75, 3.05) is 11.9 Å². The van der Waals surface area contributed by atoms with Gasteiger partial charge in [0.05, 0.1) is 41.3 Å². The number of halogens is 4. The van der Waals surface area contributed by atoms with Gasteiger partial charge in [-0.15, -0.1) is 0 Å². The summed E-state index contributed by atoms with van der Waals surface area (Å²) in [6.07, 6.45) is 2.18. The zero-order valence-corrected chi connectivity index (χ0v) is 21.5. The van der Waals surface area contributed by atoms with Crippen LogP contribution in [0.5, 0.6) is 5.88 Å². The molecule has 12 nitrogen and oxygen atoms in total. The van der Waals surface area contributed by atoms with E-state index in [0.717, 1.165) is 15.6 Å². The maximum Gasteiger partial charge on any atom is 0.355 e. The first-order valence-electron chi connectivity index (χ1n) is 12.0. The highest BCUT2D eigenvalue weighted by Crippen LogP contribution is 2.35. The molecule has 0 bridgehead atoms. The van der Waals surface area contributed by atoms with Crippen molar-refractivity contribution in [3.63, 3.8) is 0 Å². The van der Waals surface area contributed by atoms with Gasteiger partial charge in [0, 0.05) is 31.6 Å². The van der Waals surface area contributed by atoms with Crippen molar-refractivity contribution >= 4 is 34.1 Å². The highest BCUT2D eigenvalue weighted by molar-refractivity contribution is 6.34. The molecule has 2 aromatic carbocycles. The number of rotatable bonds is 6. The monoisotopic (exact) mass is 573 g/mol. The van der Waals surface area contributed by atoms with Crippen molar-refractivity contribution in [3.8, 4) is 5.88 Å². The highest BCUT2D eigenvalue weighted by Gasteiger charge is 2.22. The van der Waals surface area contributed by atoms with E-state index >= 15 is 0 Å². The standard InChI is InChI=1S/C24H19ClF3N9O3/c1-34-11-29-20(33-34)10-36-23(38)31-22(35(24(36)39)9-12-5-16(27)17(28)8-15(12)26)30-19-6-13-18(7-14(19)25)32-37-3-2-4-40-21(13)37/h5-8,11H,2-4,9-10H2,1H3,(H,30,31,38). The fraction of sp³-hybridized carbons (Fsp3) is 0.250. The van der Waals surface area contributed by atoms with Gasteiger partial charge in [-0.1, -0.05) is 11.6 Å². The van der Waals surface area contributed by atoms with Gasteiger partial charge in [-0.05, 0) is 18.2 Å². The maximum atomic E-state index is 14.6. The first kappa shape index (κ1) is 25.6. The Balaban J connectivity index is 1.47. The van der Waals surface area contributed by atoms with Crippen LogP contribution in [-0.4, -0.2) is 45.3 Å². The fourth-order valence-corrected chi connectivity index (χ4v) is 4.60. The quantitative estimate of drug-likeness (QED) is 0.307. The SMILES string of the molecule is Cn1cnc(Cn2c(=O)nc(Nc3cc4c5n(nc4cc3Cl)CCCO5)n(Cc3cc(F)c(F)cc3F)c2=O)n1. The Bertz CT molecular complexity index is 1910. The molecule has 206 valence electrons. The molecule has 0 unspecified atom stereocenters. The molecule has 1 N–H and O–H groups in total. The van der Waals surface area contributed by atoms with Crippen LogP contribution in [0.25, 0.3) is 10.9 Å². The van der Waals surface area contributed by atoms with Gasteiger partial charge in [-0.25, -0.2) is 37.0 Å². The summed E-state index contributed by atoms with van der Waals surface area (Å²) in [5.41, 5.74) is -1.42. The first-order valence-corrected chi connectivity index (χ1v) is 12.3. The molecule has 0 radical (unpaired) electrons. The molecule has 0 fully saturated rings. The zero-order chi connectivity index (χ0) is 28.1. The molecular formula is C24H19ClF3N9O3. The molecule has 0 saturated carbocycles. The van der Waals surface area contributed by atoms with E-state index in [2.05, 4.69) is 25.5 Å². The average molecular weight is 574 g/mol. The van der Waals surface area contributed by atoms with Crippen LogP contribution in [0.15, 0.2) is 40.2 Å². The topological polar surface area (TPSA) is 127 Å². The van der Waals surface area contributed by atoms with Gasteiger partial charge in [0.1, 0.15) is 12.1 Å². The molecule has 6 rings (SSSR count). The number of hydrogen-bond donors (Lipinski definition) is 1.